The molecule has 1 aromatic heterocycles. The molecule has 0 saturated carbocycles. The first kappa shape index (κ1) is 12.6. The lowest BCUT2D eigenvalue weighted by molar-refractivity contribution is 0.595. The van der Waals surface area contributed by atoms with Crippen LogP contribution >= 0.6 is 0 Å². The van der Waals surface area contributed by atoms with E-state index in [4.69, 9.17) is 0 Å². The molecule has 0 aliphatic heterocycles. The number of hydrogen-bond acceptors (Lipinski definition) is 4. The predicted octanol–water partition coefficient (Wildman–Crippen LogP) is 2.26. The molecule has 18 heavy (non-hydrogen) atoms. The Labute approximate surface area is 107 Å². The van der Waals surface area contributed by atoms with Crippen LogP contribution in [0.1, 0.15) is 5.69 Å². The van der Waals surface area contributed by atoms with E-state index in [0.717, 1.165) is 11.4 Å². The Morgan fingerprint density at radius 3 is 2.11 bits per heavy atom. The molecule has 94 valence electrons. The summed E-state index contributed by atoms with van der Waals surface area (Å²) < 4.78 is 24.6. The number of rotatable bonds is 3. The van der Waals surface area contributed by atoms with Crippen molar-refractivity contribution in [2.75, 3.05) is 12.4 Å². The van der Waals surface area contributed by atoms with Crippen molar-refractivity contribution in [3.63, 3.8) is 0 Å². The van der Waals surface area contributed by atoms with Crippen LogP contribution in [0.3, 0.4) is 0 Å². The second-order valence-corrected chi connectivity index (χ2v) is 5.86. The van der Waals surface area contributed by atoms with Crippen molar-refractivity contribution < 1.29 is 8.42 Å². The smallest absolute Gasteiger partial charge is 0.208 e. The van der Waals surface area contributed by atoms with Crippen LogP contribution in [0.15, 0.2) is 52.4 Å². The topological polar surface area (TPSA) is 59.1 Å². The first-order valence-electron chi connectivity index (χ1n) is 5.49. The molecule has 0 bridgehead atoms. The number of hydrogen-bond donors (Lipinski definition) is 1. The molecule has 1 heterocycles. The van der Waals surface area contributed by atoms with Gasteiger partial charge >= 0.3 is 0 Å². The highest BCUT2D eigenvalue weighted by atomic mass is 32.2. The quantitative estimate of drug-likeness (QED) is 0.921. The summed E-state index contributed by atoms with van der Waals surface area (Å²) in [5.41, 5.74) is 1.66. The summed E-state index contributed by atoms with van der Waals surface area (Å²) in [6.45, 7) is 1.82. The van der Waals surface area contributed by atoms with Crippen molar-refractivity contribution in [3.05, 3.63) is 48.3 Å². The number of pyridine rings is 1. The largest absolute Gasteiger partial charge is 0.388 e. The molecule has 5 heteroatoms. The summed E-state index contributed by atoms with van der Waals surface area (Å²) in [7, 11) is -1.69. The summed E-state index contributed by atoms with van der Waals surface area (Å²) in [6.07, 6.45) is 1.39. The normalized spacial score (nSPS) is 11.2. The van der Waals surface area contributed by atoms with Crippen LogP contribution in [0.5, 0.6) is 0 Å². The van der Waals surface area contributed by atoms with E-state index < -0.39 is 9.84 Å². The van der Waals surface area contributed by atoms with Crippen molar-refractivity contribution >= 4 is 15.5 Å². The molecular weight excluding hydrogens is 248 g/mol. The molecular formula is C13H14N2O2S. The van der Waals surface area contributed by atoms with Gasteiger partial charge in [-0.05, 0) is 43.3 Å². The molecule has 2 aromatic rings. The maximum Gasteiger partial charge on any atom is 0.208 e. The highest BCUT2D eigenvalue weighted by Gasteiger charge is 2.17. The second kappa shape index (κ2) is 4.78. The van der Waals surface area contributed by atoms with E-state index in [9.17, 15) is 8.42 Å². The zero-order valence-electron chi connectivity index (χ0n) is 10.2. The van der Waals surface area contributed by atoms with E-state index in [1.807, 2.05) is 6.92 Å². The number of sulfone groups is 1. The van der Waals surface area contributed by atoms with Crippen LogP contribution < -0.4 is 5.32 Å². The summed E-state index contributed by atoms with van der Waals surface area (Å²) in [5.74, 6) is 0. The Bertz CT molecular complexity index is 632. The predicted molar refractivity (Wildman–Crippen MR) is 70.4 cm³/mol. The molecule has 1 aromatic carbocycles. The Morgan fingerprint density at radius 1 is 1.00 bits per heavy atom. The van der Waals surface area contributed by atoms with Crippen molar-refractivity contribution in [2.45, 2.75) is 16.7 Å². The van der Waals surface area contributed by atoms with Gasteiger partial charge in [0, 0.05) is 24.6 Å². The molecule has 0 unspecified atom stereocenters. The molecule has 0 spiro atoms. The first-order chi connectivity index (χ1) is 8.54. The highest BCUT2D eigenvalue weighted by Crippen LogP contribution is 2.21. The zero-order valence-corrected chi connectivity index (χ0v) is 11.0. The van der Waals surface area contributed by atoms with Gasteiger partial charge in [-0.1, -0.05) is 0 Å². The van der Waals surface area contributed by atoms with E-state index in [1.54, 1.807) is 43.4 Å². The molecule has 4 nitrogen and oxygen atoms in total. The van der Waals surface area contributed by atoms with Gasteiger partial charge in [-0.2, -0.15) is 0 Å². The Kier molecular flexibility index (Phi) is 3.34. The minimum absolute atomic E-state index is 0.213. The summed E-state index contributed by atoms with van der Waals surface area (Å²) in [4.78, 5) is 4.50. The minimum Gasteiger partial charge on any atom is -0.388 e. The van der Waals surface area contributed by atoms with Crippen molar-refractivity contribution in [1.82, 2.24) is 4.98 Å². The maximum atomic E-state index is 12.3. The van der Waals surface area contributed by atoms with Gasteiger partial charge in [0.25, 0.3) is 0 Å². The Hall–Kier alpha value is -1.88. The average Bonchev–Trinajstić information content (AvgIpc) is 2.39. The van der Waals surface area contributed by atoms with E-state index in [1.165, 1.54) is 6.20 Å². The second-order valence-electron chi connectivity index (χ2n) is 3.91. The van der Waals surface area contributed by atoms with E-state index in [0.29, 0.717) is 0 Å². The number of nitrogens with zero attached hydrogens (tertiary/aromatic N) is 1. The van der Waals surface area contributed by atoms with Crippen LogP contribution in [-0.4, -0.2) is 20.4 Å². The third kappa shape index (κ3) is 2.36. The van der Waals surface area contributed by atoms with Gasteiger partial charge in [0.2, 0.25) is 9.84 Å². The van der Waals surface area contributed by atoms with Gasteiger partial charge in [-0.3, -0.25) is 4.98 Å². The average molecular weight is 262 g/mol. The highest BCUT2D eigenvalue weighted by molar-refractivity contribution is 7.91. The summed E-state index contributed by atoms with van der Waals surface area (Å²) in [5, 5.41) is 2.95. The summed E-state index contributed by atoms with van der Waals surface area (Å²) >= 11 is 0. The SMILES string of the molecule is CNc1ccc(S(=O)(=O)c2ccc(C)nc2)cc1. The number of aryl methyl sites for hydroxylation is 1. The number of nitrogens with one attached hydrogen (secondary N) is 1. The van der Waals surface area contributed by atoms with Crippen LogP contribution in [-0.2, 0) is 9.84 Å². The van der Waals surface area contributed by atoms with Gasteiger partial charge in [-0.15, -0.1) is 0 Å². The molecule has 1 N–H and O–H groups in total. The van der Waals surface area contributed by atoms with Gasteiger partial charge in [0.05, 0.1) is 9.79 Å². The fourth-order valence-corrected chi connectivity index (χ4v) is 2.76. The first-order valence-corrected chi connectivity index (χ1v) is 6.98. The van der Waals surface area contributed by atoms with Gasteiger partial charge < -0.3 is 5.32 Å². The molecule has 0 amide bonds. The third-order valence-corrected chi connectivity index (χ3v) is 4.40. The lowest BCUT2D eigenvalue weighted by atomic mass is 10.3. The van der Waals surface area contributed by atoms with Crippen LogP contribution in [0.4, 0.5) is 5.69 Å². The Balaban J connectivity index is 2.44. The molecule has 2 rings (SSSR count). The van der Waals surface area contributed by atoms with Gasteiger partial charge in [0.1, 0.15) is 0 Å². The third-order valence-electron chi connectivity index (χ3n) is 2.65. The van der Waals surface area contributed by atoms with Crippen molar-refractivity contribution in [3.8, 4) is 0 Å². The standard InChI is InChI=1S/C13H14N2O2S/c1-10-3-6-13(9-15-10)18(16,17)12-7-4-11(14-2)5-8-12/h3-9,14H,1-2H3. The van der Waals surface area contributed by atoms with E-state index >= 15 is 0 Å². The number of aromatic nitrogens is 1. The fraction of sp³-hybridized carbons (Fsp3) is 0.154. The van der Waals surface area contributed by atoms with E-state index in [-0.39, 0.29) is 9.79 Å². The fourth-order valence-electron chi connectivity index (χ4n) is 1.55. The number of benzene rings is 1. The zero-order chi connectivity index (χ0) is 13.2. The molecule has 0 aliphatic carbocycles. The van der Waals surface area contributed by atoms with Crippen LogP contribution in [0.25, 0.3) is 0 Å². The van der Waals surface area contributed by atoms with E-state index in [2.05, 4.69) is 10.3 Å². The Morgan fingerprint density at radius 2 is 1.61 bits per heavy atom. The summed E-state index contributed by atoms with van der Waals surface area (Å²) in [6, 6.07) is 9.89. The van der Waals surface area contributed by atoms with Crippen LogP contribution in [0, 0.1) is 6.92 Å². The molecule has 0 aliphatic rings. The molecule has 0 atom stereocenters. The lowest BCUT2D eigenvalue weighted by Gasteiger charge is -2.06. The molecule has 0 fully saturated rings. The van der Waals surface area contributed by atoms with Gasteiger partial charge in [0.15, 0.2) is 0 Å². The lowest BCUT2D eigenvalue weighted by Crippen LogP contribution is -2.03. The minimum atomic E-state index is -3.47. The number of anilines is 1. The van der Waals surface area contributed by atoms with Crippen molar-refractivity contribution in [2.24, 2.45) is 0 Å². The van der Waals surface area contributed by atoms with Crippen molar-refractivity contribution in [1.29, 1.82) is 0 Å². The maximum absolute atomic E-state index is 12.3. The van der Waals surface area contributed by atoms with Crippen LogP contribution in [0.2, 0.25) is 0 Å². The molecule has 0 radical (unpaired) electrons. The van der Waals surface area contributed by atoms with Gasteiger partial charge in [-0.25, -0.2) is 8.42 Å². The monoisotopic (exact) mass is 262 g/mol. The molecule has 0 saturated heterocycles.